The summed E-state index contributed by atoms with van der Waals surface area (Å²) >= 11 is 0. The van der Waals surface area contributed by atoms with Crippen LogP contribution in [0.25, 0.3) is 0 Å². The third kappa shape index (κ3) is 2.74. The van der Waals surface area contributed by atoms with Gasteiger partial charge in [0.25, 0.3) is 0 Å². The lowest BCUT2D eigenvalue weighted by atomic mass is 9.49. The molecule has 0 aromatic rings. The van der Waals surface area contributed by atoms with Gasteiger partial charge in [-0.25, -0.2) is 4.79 Å². The van der Waals surface area contributed by atoms with Gasteiger partial charge in [-0.3, -0.25) is 19.2 Å². The Labute approximate surface area is 227 Å². The maximum Gasteiger partial charge on any atom is 0.334 e. The molecular formula is C31H36O8. The first kappa shape index (κ1) is 25.2. The number of carbonyl (C=O) groups is 5. The molecule has 1 spiro atoms. The summed E-state index contributed by atoms with van der Waals surface area (Å²) in [6.07, 6.45) is 3.87. The highest BCUT2D eigenvalue weighted by molar-refractivity contribution is 6.01. The van der Waals surface area contributed by atoms with Crippen LogP contribution < -0.4 is 0 Å². The standard InChI is InChI=1S/C31H36O8/c1-13-8-21-25(26(37-16(4)32)29(5)19(13)6-7-22(29)33)31(28(36)39-21)11-17-10-23(34)30(31)12-18-15(3)27(35)38-20(18)9-14(2)24(17)30/h6-7,13-14,17-21,24-26H,3,8-12H2,1-2,4-5H3. The van der Waals surface area contributed by atoms with Gasteiger partial charge in [0.2, 0.25) is 0 Å². The fourth-order valence-electron chi connectivity index (χ4n) is 11.1. The van der Waals surface area contributed by atoms with E-state index in [9.17, 15) is 24.0 Å². The summed E-state index contributed by atoms with van der Waals surface area (Å²) in [5.41, 5.74) is -3.07. The topological polar surface area (TPSA) is 113 Å². The van der Waals surface area contributed by atoms with Crippen LogP contribution in [0.2, 0.25) is 0 Å². The Morgan fingerprint density at radius 3 is 2.44 bits per heavy atom. The number of ketones is 2. The van der Waals surface area contributed by atoms with Crippen LogP contribution in [-0.4, -0.2) is 47.8 Å². The van der Waals surface area contributed by atoms with Crippen molar-refractivity contribution in [3.05, 3.63) is 24.3 Å². The van der Waals surface area contributed by atoms with Gasteiger partial charge in [-0.05, 0) is 68.3 Å². The molecule has 8 heteroatoms. The van der Waals surface area contributed by atoms with Crippen LogP contribution in [0.15, 0.2) is 24.3 Å². The fraction of sp³-hybridized carbons (Fsp3) is 0.710. The molecule has 2 heterocycles. The predicted molar refractivity (Wildman–Crippen MR) is 135 cm³/mol. The number of rotatable bonds is 1. The highest BCUT2D eigenvalue weighted by atomic mass is 16.6. The Morgan fingerprint density at radius 2 is 1.72 bits per heavy atom. The van der Waals surface area contributed by atoms with E-state index in [0.29, 0.717) is 37.7 Å². The summed E-state index contributed by atoms with van der Waals surface area (Å²) in [4.78, 5) is 67.6. The number of ether oxygens (including phenoxy) is 3. The molecule has 13 unspecified atom stereocenters. The maximum atomic E-state index is 14.4. The zero-order valence-corrected chi connectivity index (χ0v) is 22.9. The lowest BCUT2D eigenvalue weighted by molar-refractivity contribution is -0.179. The number of hydrogen-bond acceptors (Lipinski definition) is 8. The number of esters is 3. The van der Waals surface area contributed by atoms with E-state index in [-0.39, 0.29) is 53.2 Å². The lowest BCUT2D eigenvalue weighted by Crippen LogP contribution is -2.60. The van der Waals surface area contributed by atoms with Crippen LogP contribution >= 0.6 is 0 Å². The highest BCUT2D eigenvalue weighted by Gasteiger charge is 2.84. The summed E-state index contributed by atoms with van der Waals surface area (Å²) in [6, 6.07) is 0. The first-order valence-corrected chi connectivity index (χ1v) is 14.4. The monoisotopic (exact) mass is 536 g/mol. The Hall–Kier alpha value is -2.77. The summed E-state index contributed by atoms with van der Waals surface area (Å²) in [6.45, 7) is 11.4. The molecule has 5 aliphatic carbocycles. The SMILES string of the molecule is C=C1C(=O)OC2CC(C)C3C4CC(=O)C3(CC12)C1(C4)C(=O)OC2CC(C)C3C=CC(=O)C3(C)C(OC(C)=O)C21. The number of allylic oxidation sites excluding steroid dienone is 2. The minimum atomic E-state index is -1.25. The maximum absolute atomic E-state index is 14.4. The van der Waals surface area contributed by atoms with Gasteiger partial charge in [-0.15, -0.1) is 0 Å². The minimum absolute atomic E-state index is 0.00522. The van der Waals surface area contributed by atoms with E-state index in [0.717, 1.165) is 0 Å². The number of hydrogen-bond donors (Lipinski definition) is 0. The summed E-state index contributed by atoms with van der Waals surface area (Å²) in [5, 5.41) is 0. The van der Waals surface area contributed by atoms with E-state index in [4.69, 9.17) is 14.2 Å². The summed E-state index contributed by atoms with van der Waals surface area (Å²) in [7, 11) is 0. The molecule has 0 N–H and O–H groups in total. The van der Waals surface area contributed by atoms with E-state index in [1.54, 1.807) is 6.08 Å². The molecule has 0 radical (unpaired) electrons. The Balaban J connectivity index is 1.46. The normalized spacial score (nSPS) is 53.1. The van der Waals surface area contributed by atoms with Crippen LogP contribution in [0.3, 0.4) is 0 Å². The van der Waals surface area contributed by atoms with E-state index in [1.165, 1.54) is 6.92 Å². The van der Waals surface area contributed by atoms with Gasteiger partial charge in [0, 0.05) is 30.3 Å². The molecule has 6 fully saturated rings. The first-order valence-electron chi connectivity index (χ1n) is 14.4. The Morgan fingerprint density at radius 1 is 1.00 bits per heavy atom. The molecule has 4 saturated carbocycles. The second-order valence-electron chi connectivity index (χ2n) is 13.8. The number of carbonyl (C=O) groups excluding carboxylic acids is 5. The van der Waals surface area contributed by atoms with E-state index in [2.05, 4.69) is 20.4 Å². The van der Waals surface area contributed by atoms with Crippen molar-refractivity contribution in [1.29, 1.82) is 0 Å². The molecule has 0 aromatic carbocycles. The Bertz CT molecular complexity index is 1280. The second kappa shape index (κ2) is 7.70. The molecular weight excluding hydrogens is 500 g/mol. The molecule has 2 bridgehead atoms. The van der Waals surface area contributed by atoms with Crippen LogP contribution in [-0.2, 0) is 38.2 Å². The average Bonchev–Trinajstić information content (AvgIpc) is 3.52. The van der Waals surface area contributed by atoms with Gasteiger partial charge in [-0.1, -0.05) is 26.5 Å². The largest absolute Gasteiger partial charge is 0.461 e. The molecule has 13 atom stereocenters. The smallest absolute Gasteiger partial charge is 0.334 e. The third-order valence-electron chi connectivity index (χ3n) is 12.3. The van der Waals surface area contributed by atoms with Crippen molar-refractivity contribution in [3.8, 4) is 0 Å². The van der Waals surface area contributed by atoms with Crippen molar-refractivity contribution in [3.63, 3.8) is 0 Å². The van der Waals surface area contributed by atoms with E-state index in [1.807, 2.05) is 13.0 Å². The minimum Gasteiger partial charge on any atom is -0.461 e. The summed E-state index contributed by atoms with van der Waals surface area (Å²) in [5.74, 6) is -2.78. The van der Waals surface area contributed by atoms with Crippen molar-refractivity contribution >= 4 is 29.5 Å². The van der Waals surface area contributed by atoms with Gasteiger partial charge >= 0.3 is 17.9 Å². The highest BCUT2D eigenvalue weighted by Crippen LogP contribution is 2.78. The van der Waals surface area contributed by atoms with Gasteiger partial charge in [0.15, 0.2) is 5.78 Å². The number of Topliss-reactive ketones (excluding diaryl/α,β-unsaturated/α-hetero) is 1. The average molecular weight is 537 g/mol. The molecule has 2 aliphatic heterocycles. The molecule has 0 amide bonds. The number of fused-ring (bicyclic) bond motifs is 4. The van der Waals surface area contributed by atoms with Crippen molar-refractivity contribution in [2.45, 2.75) is 78.1 Å². The van der Waals surface area contributed by atoms with Gasteiger partial charge in [0.05, 0.1) is 16.7 Å². The van der Waals surface area contributed by atoms with Crippen LogP contribution in [0.1, 0.15) is 59.8 Å². The van der Waals surface area contributed by atoms with Gasteiger partial charge in [0.1, 0.15) is 24.1 Å². The Kier molecular flexibility index (Phi) is 4.98. The summed E-state index contributed by atoms with van der Waals surface area (Å²) < 4.78 is 18.1. The van der Waals surface area contributed by atoms with Crippen molar-refractivity contribution in [1.82, 2.24) is 0 Å². The van der Waals surface area contributed by atoms with Crippen LogP contribution in [0, 0.1) is 57.7 Å². The van der Waals surface area contributed by atoms with Crippen molar-refractivity contribution in [2.75, 3.05) is 0 Å². The van der Waals surface area contributed by atoms with Crippen molar-refractivity contribution < 1.29 is 38.2 Å². The van der Waals surface area contributed by atoms with Gasteiger partial charge in [-0.2, -0.15) is 0 Å². The fourth-order valence-corrected chi connectivity index (χ4v) is 11.1. The lowest BCUT2D eigenvalue weighted by Gasteiger charge is -2.50. The molecule has 39 heavy (non-hydrogen) atoms. The molecule has 0 aromatic heterocycles. The molecule has 8 nitrogen and oxygen atoms in total. The first-order chi connectivity index (χ1) is 18.4. The third-order valence-corrected chi connectivity index (χ3v) is 12.3. The van der Waals surface area contributed by atoms with Crippen LogP contribution in [0.4, 0.5) is 0 Å². The molecule has 2 saturated heterocycles. The van der Waals surface area contributed by atoms with Gasteiger partial charge < -0.3 is 14.2 Å². The quantitative estimate of drug-likeness (QED) is 0.285. The second-order valence-corrected chi connectivity index (χ2v) is 13.8. The zero-order valence-electron chi connectivity index (χ0n) is 22.9. The van der Waals surface area contributed by atoms with Crippen molar-refractivity contribution in [2.24, 2.45) is 57.7 Å². The van der Waals surface area contributed by atoms with E-state index >= 15 is 0 Å². The molecule has 7 rings (SSSR count). The molecule has 208 valence electrons. The van der Waals surface area contributed by atoms with Crippen LogP contribution in [0.5, 0.6) is 0 Å². The molecule has 7 aliphatic rings. The van der Waals surface area contributed by atoms with E-state index < -0.39 is 52.3 Å². The zero-order chi connectivity index (χ0) is 27.8. The predicted octanol–water partition coefficient (Wildman–Crippen LogP) is 3.37.